The molecule has 1 saturated heterocycles. The van der Waals surface area contributed by atoms with Gasteiger partial charge < -0.3 is 10.1 Å². The number of piperidine rings is 1. The number of alkyl halides is 1. The van der Waals surface area contributed by atoms with Gasteiger partial charge in [-0.05, 0) is 30.0 Å². The Balaban J connectivity index is 2.09. The van der Waals surface area contributed by atoms with Gasteiger partial charge in [-0.1, -0.05) is 12.1 Å². The maximum atomic E-state index is 13.2. The number of carbonyl (C=O) groups excluding carboxylic acids is 1. The van der Waals surface area contributed by atoms with Gasteiger partial charge in [0, 0.05) is 13.1 Å². The standard InChI is InChI=1S/C13H16FNO2/c1-17-13(16)10-4-2-9(3-5-10)11-6-12(14)8-15-7-11/h2-5,11-12,15H,6-8H2,1H3. The van der Waals surface area contributed by atoms with Crippen LogP contribution in [0.3, 0.4) is 0 Å². The summed E-state index contributed by atoms with van der Waals surface area (Å²) in [5, 5.41) is 3.06. The van der Waals surface area contributed by atoms with Crippen LogP contribution in [-0.4, -0.2) is 32.3 Å². The first-order chi connectivity index (χ1) is 8.20. The smallest absolute Gasteiger partial charge is 0.337 e. The van der Waals surface area contributed by atoms with E-state index in [1.807, 2.05) is 12.1 Å². The van der Waals surface area contributed by atoms with E-state index < -0.39 is 6.17 Å². The predicted molar refractivity (Wildman–Crippen MR) is 62.9 cm³/mol. The lowest BCUT2D eigenvalue weighted by Gasteiger charge is -2.25. The van der Waals surface area contributed by atoms with E-state index in [1.54, 1.807) is 12.1 Å². The average Bonchev–Trinajstić information content (AvgIpc) is 2.38. The number of esters is 1. The molecule has 1 fully saturated rings. The average molecular weight is 237 g/mol. The Kier molecular flexibility index (Phi) is 3.74. The van der Waals surface area contributed by atoms with Gasteiger partial charge in [0.25, 0.3) is 0 Å². The van der Waals surface area contributed by atoms with Crippen LogP contribution >= 0.6 is 0 Å². The number of rotatable bonds is 2. The van der Waals surface area contributed by atoms with Crippen LogP contribution < -0.4 is 5.32 Å². The van der Waals surface area contributed by atoms with Crippen LogP contribution in [0.1, 0.15) is 28.3 Å². The molecule has 0 amide bonds. The van der Waals surface area contributed by atoms with Crippen molar-refractivity contribution in [2.24, 2.45) is 0 Å². The second-order valence-corrected chi connectivity index (χ2v) is 4.30. The summed E-state index contributed by atoms with van der Waals surface area (Å²) in [5.41, 5.74) is 1.59. The molecule has 1 N–H and O–H groups in total. The van der Waals surface area contributed by atoms with Gasteiger partial charge in [0.05, 0.1) is 12.7 Å². The summed E-state index contributed by atoms with van der Waals surface area (Å²) in [6.07, 6.45) is -0.237. The summed E-state index contributed by atoms with van der Waals surface area (Å²) in [5.74, 6) is -0.160. The molecule has 0 saturated carbocycles. The molecule has 17 heavy (non-hydrogen) atoms. The van der Waals surface area contributed by atoms with Gasteiger partial charge in [0.15, 0.2) is 0 Å². The Labute approximate surface area is 100.0 Å². The maximum Gasteiger partial charge on any atom is 0.337 e. The minimum absolute atomic E-state index is 0.186. The molecule has 4 heteroatoms. The lowest BCUT2D eigenvalue weighted by atomic mass is 9.90. The summed E-state index contributed by atoms with van der Waals surface area (Å²) in [7, 11) is 1.36. The number of hydrogen-bond donors (Lipinski definition) is 1. The van der Waals surface area contributed by atoms with Crippen molar-refractivity contribution in [1.82, 2.24) is 5.32 Å². The predicted octanol–water partition coefficient (Wildman–Crippen LogP) is 1.89. The van der Waals surface area contributed by atoms with E-state index in [1.165, 1.54) is 7.11 Å². The molecule has 0 aliphatic carbocycles. The van der Waals surface area contributed by atoms with Crippen molar-refractivity contribution in [3.63, 3.8) is 0 Å². The fourth-order valence-corrected chi connectivity index (χ4v) is 2.15. The van der Waals surface area contributed by atoms with Crippen molar-refractivity contribution in [2.75, 3.05) is 20.2 Å². The zero-order valence-electron chi connectivity index (χ0n) is 9.78. The highest BCUT2D eigenvalue weighted by Gasteiger charge is 2.22. The van der Waals surface area contributed by atoms with Gasteiger partial charge in [0.1, 0.15) is 6.17 Å². The highest BCUT2D eigenvalue weighted by Crippen LogP contribution is 2.25. The van der Waals surface area contributed by atoms with Gasteiger partial charge in [-0.2, -0.15) is 0 Å². The van der Waals surface area contributed by atoms with Crippen molar-refractivity contribution < 1.29 is 13.9 Å². The Bertz CT molecular complexity index is 391. The minimum atomic E-state index is -0.783. The van der Waals surface area contributed by atoms with E-state index in [0.29, 0.717) is 18.5 Å². The Morgan fingerprint density at radius 1 is 1.35 bits per heavy atom. The van der Waals surface area contributed by atoms with E-state index in [9.17, 15) is 9.18 Å². The molecule has 1 aliphatic rings. The molecule has 1 aromatic carbocycles. The molecule has 1 aromatic rings. The normalized spacial score (nSPS) is 24.4. The van der Waals surface area contributed by atoms with Crippen LogP contribution in [0, 0.1) is 0 Å². The summed E-state index contributed by atoms with van der Waals surface area (Å²) in [4.78, 5) is 11.3. The van der Waals surface area contributed by atoms with Crippen LogP contribution in [0.2, 0.25) is 0 Å². The Morgan fingerprint density at radius 2 is 2.06 bits per heavy atom. The Hall–Kier alpha value is -1.42. The molecule has 0 aromatic heterocycles. The number of ether oxygens (including phenoxy) is 1. The van der Waals surface area contributed by atoms with Crippen LogP contribution in [0.5, 0.6) is 0 Å². The van der Waals surface area contributed by atoms with Crippen LogP contribution in [0.4, 0.5) is 4.39 Å². The molecule has 1 aliphatic heterocycles. The molecule has 0 spiro atoms. The number of methoxy groups -OCH3 is 1. The molecule has 3 nitrogen and oxygen atoms in total. The minimum Gasteiger partial charge on any atom is -0.465 e. The Morgan fingerprint density at radius 3 is 2.65 bits per heavy atom. The van der Waals surface area contributed by atoms with Crippen molar-refractivity contribution in [1.29, 1.82) is 0 Å². The van der Waals surface area contributed by atoms with E-state index >= 15 is 0 Å². The highest BCUT2D eigenvalue weighted by atomic mass is 19.1. The third-order valence-electron chi connectivity index (χ3n) is 3.10. The van der Waals surface area contributed by atoms with Crippen molar-refractivity contribution in [3.8, 4) is 0 Å². The van der Waals surface area contributed by atoms with Crippen LogP contribution in [-0.2, 0) is 4.74 Å². The topological polar surface area (TPSA) is 38.3 Å². The number of hydrogen-bond acceptors (Lipinski definition) is 3. The second-order valence-electron chi connectivity index (χ2n) is 4.30. The maximum absolute atomic E-state index is 13.2. The summed E-state index contributed by atoms with van der Waals surface area (Å²) in [6, 6.07) is 7.19. The quantitative estimate of drug-likeness (QED) is 0.798. The van der Waals surface area contributed by atoms with Gasteiger partial charge in [0.2, 0.25) is 0 Å². The van der Waals surface area contributed by atoms with Gasteiger partial charge in [-0.3, -0.25) is 0 Å². The first-order valence-electron chi connectivity index (χ1n) is 5.73. The molecular weight excluding hydrogens is 221 g/mol. The SMILES string of the molecule is COC(=O)c1ccc(C2CNCC(F)C2)cc1. The lowest BCUT2D eigenvalue weighted by Crippen LogP contribution is -2.36. The van der Waals surface area contributed by atoms with Gasteiger partial charge >= 0.3 is 5.97 Å². The van der Waals surface area contributed by atoms with E-state index in [2.05, 4.69) is 10.1 Å². The number of halogens is 1. The molecular formula is C13H16FNO2. The first kappa shape index (κ1) is 12.0. The first-order valence-corrected chi connectivity index (χ1v) is 5.73. The fourth-order valence-electron chi connectivity index (χ4n) is 2.15. The lowest BCUT2D eigenvalue weighted by molar-refractivity contribution is 0.0600. The van der Waals surface area contributed by atoms with Crippen LogP contribution in [0.15, 0.2) is 24.3 Å². The number of carbonyl (C=O) groups is 1. The number of benzene rings is 1. The second kappa shape index (κ2) is 5.27. The van der Waals surface area contributed by atoms with Crippen molar-refractivity contribution >= 4 is 5.97 Å². The van der Waals surface area contributed by atoms with E-state index in [4.69, 9.17) is 0 Å². The zero-order chi connectivity index (χ0) is 12.3. The van der Waals surface area contributed by atoms with Crippen molar-refractivity contribution in [3.05, 3.63) is 35.4 Å². The summed E-state index contributed by atoms with van der Waals surface area (Å²) in [6.45, 7) is 1.23. The molecule has 2 rings (SSSR count). The third-order valence-corrected chi connectivity index (χ3v) is 3.10. The molecule has 2 atom stereocenters. The number of nitrogens with one attached hydrogen (secondary N) is 1. The molecule has 92 valence electrons. The van der Waals surface area contributed by atoms with Gasteiger partial charge in [-0.25, -0.2) is 9.18 Å². The largest absolute Gasteiger partial charge is 0.465 e. The molecule has 0 bridgehead atoms. The monoisotopic (exact) mass is 237 g/mol. The van der Waals surface area contributed by atoms with E-state index in [-0.39, 0.29) is 11.9 Å². The molecule has 2 unspecified atom stereocenters. The highest BCUT2D eigenvalue weighted by molar-refractivity contribution is 5.89. The fraction of sp³-hybridized carbons (Fsp3) is 0.462. The molecule has 0 radical (unpaired) electrons. The summed E-state index contributed by atoms with van der Waals surface area (Å²) >= 11 is 0. The van der Waals surface area contributed by atoms with Crippen LogP contribution in [0.25, 0.3) is 0 Å². The van der Waals surface area contributed by atoms with Crippen molar-refractivity contribution in [2.45, 2.75) is 18.5 Å². The summed E-state index contributed by atoms with van der Waals surface area (Å²) < 4.78 is 17.9. The van der Waals surface area contributed by atoms with E-state index in [0.717, 1.165) is 12.1 Å². The third kappa shape index (κ3) is 2.82. The zero-order valence-corrected chi connectivity index (χ0v) is 9.78. The molecule has 1 heterocycles. The van der Waals surface area contributed by atoms with Gasteiger partial charge in [-0.15, -0.1) is 0 Å².